The molecule has 1 aromatic heterocycles. The first-order valence-corrected chi connectivity index (χ1v) is 10.2. The highest BCUT2D eigenvalue weighted by atomic mass is 16.6. The normalized spacial score (nSPS) is 27.7. The maximum atomic E-state index is 6.13. The van der Waals surface area contributed by atoms with Gasteiger partial charge in [-0.25, -0.2) is 0 Å². The summed E-state index contributed by atoms with van der Waals surface area (Å²) in [6, 6.07) is 6.63. The van der Waals surface area contributed by atoms with E-state index in [0.29, 0.717) is 6.04 Å². The molecule has 2 fully saturated rings. The summed E-state index contributed by atoms with van der Waals surface area (Å²) in [4.78, 5) is 4.98. The number of pyridine rings is 1. The molecule has 3 aliphatic rings. The molecular formula is C22H28N2O3. The van der Waals surface area contributed by atoms with Gasteiger partial charge in [0, 0.05) is 42.4 Å². The van der Waals surface area contributed by atoms with Crippen molar-refractivity contribution in [2.75, 3.05) is 32.2 Å². The van der Waals surface area contributed by atoms with Crippen LogP contribution >= 0.6 is 0 Å². The quantitative estimate of drug-likeness (QED) is 0.891. The lowest BCUT2D eigenvalue weighted by atomic mass is 9.88. The molecule has 0 bridgehead atoms. The van der Waals surface area contributed by atoms with E-state index in [9.17, 15) is 0 Å². The molecule has 1 spiro atoms. The first-order chi connectivity index (χ1) is 13.3. The molecule has 27 heavy (non-hydrogen) atoms. The highest BCUT2D eigenvalue weighted by molar-refractivity contribution is 5.94. The Morgan fingerprint density at radius 3 is 3.00 bits per heavy atom. The second-order valence-corrected chi connectivity index (χ2v) is 8.17. The van der Waals surface area contributed by atoms with Crippen LogP contribution in [0, 0.1) is 0 Å². The Kier molecular flexibility index (Phi) is 4.44. The van der Waals surface area contributed by atoms with Crippen molar-refractivity contribution in [1.82, 2.24) is 4.98 Å². The third-order valence-electron chi connectivity index (χ3n) is 6.38. The van der Waals surface area contributed by atoms with Crippen molar-refractivity contribution in [3.05, 3.63) is 29.5 Å². The lowest BCUT2D eigenvalue weighted by Gasteiger charge is -2.38. The van der Waals surface area contributed by atoms with Crippen molar-refractivity contribution >= 4 is 16.6 Å². The maximum Gasteiger partial charge on any atom is 0.119 e. The fraction of sp³-hybridized carbons (Fsp3) is 0.591. The third-order valence-corrected chi connectivity index (χ3v) is 6.38. The monoisotopic (exact) mass is 368 g/mol. The molecule has 5 heteroatoms. The van der Waals surface area contributed by atoms with Crippen LogP contribution in [-0.2, 0) is 22.3 Å². The summed E-state index contributed by atoms with van der Waals surface area (Å²) >= 11 is 0. The number of rotatable bonds is 3. The first-order valence-electron chi connectivity index (χ1n) is 10.2. The smallest absolute Gasteiger partial charge is 0.119 e. The lowest BCUT2D eigenvalue weighted by molar-refractivity contribution is -0.0828. The van der Waals surface area contributed by atoms with Gasteiger partial charge in [-0.3, -0.25) is 4.98 Å². The topological polar surface area (TPSA) is 52.6 Å². The van der Waals surface area contributed by atoms with Crippen LogP contribution in [0.15, 0.2) is 18.2 Å². The van der Waals surface area contributed by atoms with Gasteiger partial charge in [-0.05, 0) is 62.3 Å². The highest BCUT2D eigenvalue weighted by Crippen LogP contribution is 2.38. The van der Waals surface area contributed by atoms with Gasteiger partial charge in [0.05, 0.1) is 24.8 Å². The van der Waals surface area contributed by atoms with E-state index in [1.165, 1.54) is 35.2 Å². The number of fused-ring (bicyclic) bond motifs is 2. The minimum atomic E-state index is -0.0868. The van der Waals surface area contributed by atoms with E-state index >= 15 is 0 Å². The van der Waals surface area contributed by atoms with Crippen LogP contribution in [0.5, 0.6) is 5.75 Å². The number of nitrogens with zero attached hydrogens (tertiary/aromatic N) is 1. The van der Waals surface area contributed by atoms with Crippen molar-refractivity contribution in [3.63, 3.8) is 0 Å². The van der Waals surface area contributed by atoms with E-state index < -0.39 is 0 Å². The number of hydrogen-bond donors (Lipinski definition) is 1. The van der Waals surface area contributed by atoms with E-state index in [4.69, 9.17) is 19.2 Å². The molecule has 0 saturated carbocycles. The van der Waals surface area contributed by atoms with Crippen LogP contribution in [-0.4, -0.2) is 43.6 Å². The molecule has 1 aliphatic carbocycles. The number of nitrogens with one attached hydrogen (secondary N) is 1. The number of aryl methyl sites for hydroxylation is 1. The molecule has 2 atom stereocenters. The van der Waals surface area contributed by atoms with E-state index in [-0.39, 0.29) is 5.60 Å². The second kappa shape index (κ2) is 6.95. The van der Waals surface area contributed by atoms with E-state index in [1.54, 1.807) is 7.11 Å². The Morgan fingerprint density at radius 2 is 2.15 bits per heavy atom. The zero-order chi connectivity index (χ0) is 18.3. The Balaban J connectivity index is 1.54. The number of hydrogen-bond acceptors (Lipinski definition) is 5. The van der Waals surface area contributed by atoms with Gasteiger partial charge in [0.1, 0.15) is 5.75 Å². The number of aromatic nitrogens is 1. The van der Waals surface area contributed by atoms with Gasteiger partial charge < -0.3 is 19.5 Å². The third kappa shape index (κ3) is 3.17. The zero-order valence-electron chi connectivity index (χ0n) is 16.1. The minimum absolute atomic E-state index is 0.0868. The van der Waals surface area contributed by atoms with Gasteiger partial charge in [-0.2, -0.15) is 0 Å². The van der Waals surface area contributed by atoms with Crippen LogP contribution in [0.25, 0.3) is 10.9 Å². The number of ether oxygens (including phenoxy) is 3. The molecule has 0 radical (unpaired) electrons. The van der Waals surface area contributed by atoms with Crippen LogP contribution < -0.4 is 10.1 Å². The van der Waals surface area contributed by atoms with Crippen LogP contribution in [0.2, 0.25) is 0 Å². The number of benzene rings is 1. The molecule has 1 N–H and O–H groups in total. The summed E-state index contributed by atoms with van der Waals surface area (Å²) in [5.41, 5.74) is 4.92. The Hall–Kier alpha value is -1.85. The number of methoxy groups -OCH3 is 1. The first kappa shape index (κ1) is 17.3. The molecule has 0 amide bonds. The van der Waals surface area contributed by atoms with Gasteiger partial charge in [-0.15, -0.1) is 0 Å². The van der Waals surface area contributed by atoms with Crippen LogP contribution in [0.1, 0.15) is 43.4 Å². The second-order valence-electron chi connectivity index (χ2n) is 8.17. The van der Waals surface area contributed by atoms with Gasteiger partial charge in [0.2, 0.25) is 0 Å². The molecule has 1 aromatic carbocycles. The predicted octanol–water partition coefficient (Wildman–Crippen LogP) is 3.87. The molecule has 2 saturated heterocycles. The lowest BCUT2D eigenvalue weighted by Crippen LogP contribution is -2.45. The molecule has 5 nitrogen and oxygen atoms in total. The summed E-state index contributed by atoms with van der Waals surface area (Å²) in [7, 11) is 1.72. The van der Waals surface area contributed by atoms with E-state index in [0.717, 1.165) is 63.2 Å². The standard InChI is InChI=1S/C22H28N2O3/c1-25-16-6-7-20-18(12-16)21(17-4-2-3-5-19(17)24-20)23-15-8-10-27-22(13-15)9-11-26-14-22/h6-7,12,15H,2-5,8-11,13-14H2,1H3,(H,23,24). The maximum absolute atomic E-state index is 6.13. The Bertz CT molecular complexity index is 845. The van der Waals surface area contributed by atoms with Crippen molar-refractivity contribution in [2.45, 2.75) is 56.6 Å². The van der Waals surface area contributed by atoms with Crippen LogP contribution in [0.3, 0.4) is 0 Å². The highest BCUT2D eigenvalue weighted by Gasteiger charge is 2.41. The van der Waals surface area contributed by atoms with E-state index in [2.05, 4.69) is 17.4 Å². The SMILES string of the molecule is COc1ccc2nc3c(c(NC4CCOC5(CCOC5)C4)c2c1)CCCC3. The fourth-order valence-electron chi connectivity index (χ4n) is 4.91. The average molecular weight is 368 g/mol. The summed E-state index contributed by atoms with van der Waals surface area (Å²) in [5.74, 6) is 0.885. The van der Waals surface area contributed by atoms with Gasteiger partial charge in [0.15, 0.2) is 0 Å². The van der Waals surface area contributed by atoms with Crippen molar-refractivity contribution in [2.24, 2.45) is 0 Å². The average Bonchev–Trinajstić information content (AvgIpc) is 3.15. The van der Waals surface area contributed by atoms with Crippen LogP contribution in [0.4, 0.5) is 5.69 Å². The summed E-state index contributed by atoms with van der Waals surface area (Å²) in [6.07, 6.45) is 7.71. The minimum Gasteiger partial charge on any atom is -0.497 e. The van der Waals surface area contributed by atoms with Crippen molar-refractivity contribution < 1.29 is 14.2 Å². The molecule has 144 valence electrons. The molecule has 5 rings (SSSR count). The van der Waals surface area contributed by atoms with E-state index in [1.807, 2.05) is 6.07 Å². The zero-order valence-corrected chi connectivity index (χ0v) is 16.1. The molecule has 3 heterocycles. The Morgan fingerprint density at radius 1 is 1.22 bits per heavy atom. The molecule has 2 aliphatic heterocycles. The summed E-state index contributed by atoms with van der Waals surface area (Å²) in [6.45, 7) is 2.35. The van der Waals surface area contributed by atoms with Crippen molar-refractivity contribution in [1.29, 1.82) is 0 Å². The largest absolute Gasteiger partial charge is 0.497 e. The summed E-state index contributed by atoms with van der Waals surface area (Å²) < 4.78 is 17.3. The molecular weight excluding hydrogens is 340 g/mol. The van der Waals surface area contributed by atoms with Gasteiger partial charge in [0.25, 0.3) is 0 Å². The summed E-state index contributed by atoms with van der Waals surface area (Å²) in [5, 5.41) is 5.10. The van der Waals surface area contributed by atoms with Gasteiger partial charge in [-0.1, -0.05) is 0 Å². The van der Waals surface area contributed by atoms with Gasteiger partial charge >= 0.3 is 0 Å². The Labute approximate surface area is 160 Å². The number of anilines is 1. The molecule has 2 unspecified atom stereocenters. The molecule has 2 aromatic rings. The van der Waals surface area contributed by atoms with Crippen molar-refractivity contribution in [3.8, 4) is 5.75 Å². The fourth-order valence-corrected chi connectivity index (χ4v) is 4.91. The predicted molar refractivity (Wildman–Crippen MR) is 106 cm³/mol.